The molecule has 1 fully saturated rings. The predicted octanol–water partition coefficient (Wildman–Crippen LogP) is 3.46. The average Bonchev–Trinajstić information content (AvgIpc) is 2.50. The summed E-state index contributed by atoms with van der Waals surface area (Å²) in [5.41, 5.74) is 0.689. The molecule has 0 saturated heterocycles. The first-order valence-corrected chi connectivity index (χ1v) is 8.12. The van der Waals surface area contributed by atoms with E-state index >= 15 is 0 Å². The zero-order valence-corrected chi connectivity index (χ0v) is 13.4. The first-order valence-electron chi connectivity index (χ1n) is 8.12. The fourth-order valence-corrected chi connectivity index (χ4v) is 2.96. The van der Waals surface area contributed by atoms with E-state index < -0.39 is 0 Å². The molecule has 2 N–H and O–H groups in total. The van der Waals surface area contributed by atoms with Crippen LogP contribution in [0.3, 0.4) is 0 Å². The highest BCUT2D eigenvalue weighted by atomic mass is 16.1. The molecular weight excluding hydrogens is 262 g/mol. The minimum absolute atomic E-state index is 0.0166. The summed E-state index contributed by atoms with van der Waals surface area (Å²) in [5, 5.41) is 6.42. The molecule has 0 bridgehead atoms. The Bertz CT molecular complexity index is 475. The predicted molar refractivity (Wildman–Crippen MR) is 86.5 cm³/mol. The number of nitrogens with zero attached hydrogens (tertiary/aromatic N) is 1. The zero-order chi connectivity index (χ0) is 15.2. The third-order valence-electron chi connectivity index (χ3n) is 4.60. The van der Waals surface area contributed by atoms with Gasteiger partial charge >= 0.3 is 0 Å². The van der Waals surface area contributed by atoms with Crippen molar-refractivity contribution in [1.29, 1.82) is 0 Å². The molecule has 1 saturated carbocycles. The molecule has 2 rings (SSSR count). The Hall–Kier alpha value is -1.58. The Morgan fingerprint density at radius 2 is 2.19 bits per heavy atom. The molecule has 4 heteroatoms. The van der Waals surface area contributed by atoms with Gasteiger partial charge in [-0.15, -0.1) is 0 Å². The molecule has 3 unspecified atom stereocenters. The highest BCUT2D eigenvalue weighted by molar-refractivity contribution is 5.95. The lowest BCUT2D eigenvalue weighted by Crippen LogP contribution is -2.43. The first kappa shape index (κ1) is 15.8. The van der Waals surface area contributed by atoms with Crippen LogP contribution in [0.5, 0.6) is 0 Å². The van der Waals surface area contributed by atoms with Crippen molar-refractivity contribution in [1.82, 2.24) is 10.3 Å². The molecule has 0 aromatic carbocycles. The molecule has 1 amide bonds. The summed E-state index contributed by atoms with van der Waals surface area (Å²) in [7, 11) is 0. The van der Waals surface area contributed by atoms with Crippen LogP contribution in [0.2, 0.25) is 0 Å². The highest BCUT2D eigenvalue weighted by Gasteiger charge is 2.28. The Kier molecular flexibility index (Phi) is 5.59. The molecule has 1 aromatic rings. The number of carbonyl (C=O) groups excluding carboxylic acids is 1. The van der Waals surface area contributed by atoms with Gasteiger partial charge in [-0.1, -0.05) is 33.6 Å². The van der Waals surface area contributed by atoms with Crippen molar-refractivity contribution >= 4 is 11.7 Å². The Morgan fingerprint density at radius 1 is 1.38 bits per heavy atom. The van der Waals surface area contributed by atoms with Gasteiger partial charge in [0.15, 0.2) is 0 Å². The largest absolute Gasteiger partial charge is 0.370 e. The van der Waals surface area contributed by atoms with Gasteiger partial charge in [0.1, 0.15) is 5.82 Å². The van der Waals surface area contributed by atoms with Crippen LogP contribution in [0, 0.1) is 11.8 Å². The molecule has 1 aromatic heterocycles. The second-order valence-corrected chi connectivity index (χ2v) is 6.20. The maximum Gasteiger partial charge on any atom is 0.251 e. The van der Waals surface area contributed by atoms with Crippen LogP contribution in [0.1, 0.15) is 56.8 Å². The van der Waals surface area contributed by atoms with E-state index in [1.165, 1.54) is 12.8 Å². The van der Waals surface area contributed by atoms with Crippen LogP contribution in [0.25, 0.3) is 0 Å². The van der Waals surface area contributed by atoms with Crippen LogP contribution in [-0.4, -0.2) is 23.5 Å². The summed E-state index contributed by atoms with van der Waals surface area (Å²) in [6, 6.07) is 3.91. The van der Waals surface area contributed by atoms with Gasteiger partial charge in [0, 0.05) is 24.3 Å². The van der Waals surface area contributed by atoms with Crippen LogP contribution in [0.4, 0.5) is 5.82 Å². The summed E-state index contributed by atoms with van der Waals surface area (Å²) in [6.45, 7) is 7.50. The van der Waals surface area contributed by atoms with E-state index in [9.17, 15) is 4.79 Å². The number of hydrogen-bond donors (Lipinski definition) is 2. The van der Waals surface area contributed by atoms with Crippen molar-refractivity contribution in [2.24, 2.45) is 11.8 Å². The van der Waals surface area contributed by atoms with E-state index in [0.717, 1.165) is 25.2 Å². The maximum atomic E-state index is 12.4. The van der Waals surface area contributed by atoms with Gasteiger partial charge in [0.05, 0.1) is 0 Å². The first-order chi connectivity index (χ1) is 10.1. The van der Waals surface area contributed by atoms with Crippen LogP contribution in [-0.2, 0) is 0 Å². The number of hydrogen-bond acceptors (Lipinski definition) is 3. The molecule has 4 nitrogen and oxygen atoms in total. The molecule has 0 radical (unpaired) electrons. The third kappa shape index (κ3) is 4.19. The van der Waals surface area contributed by atoms with Crippen molar-refractivity contribution < 1.29 is 4.79 Å². The lowest BCUT2D eigenvalue weighted by atomic mass is 9.78. The van der Waals surface area contributed by atoms with E-state index in [0.29, 0.717) is 23.4 Å². The fourth-order valence-electron chi connectivity index (χ4n) is 2.96. The average molecular weight is 289 g/mol. The number of rotatable bonds is 5. The molecule has 3 atom stereocenters. The maximum absolute atomic E-state index is 12.4. The molecule has 0 spiro atoms. The number of aromatic nitrogens is 1. The lowest BCUT2D eigenvalue weighted by Gasteiger charge is -2.34. The van der Waals surface area contributed by atoms with Crippen molar-refractivity contribution in [3.8, 4) is 0 Å². The van der Waals surface area contributed by atoms with Crippen molar-refractivity contribution in [3.05, 3.63) is 23.9 Å². The van der Waals surface area contributed by atoms with E-state index in [-0.39, 0.29) is 5.91 Å². The molecule has 0 aliphatic heterocycles. The van der Waals surface area contributed by atoms with Gasteiger partial charge in [-0.2, -0.15) is 0 Å². The minimum atomic E-state index is 0.0166. The van der Waals surface area contributed by atoms with E-state index in [1.807, 2.05) is 6.07 Å². The monoisotopic (exact) mass is 289 g/mol. The lowest BCUT2D eigenvalue weighted by molar-refractivity contribution is 0.0891. The van der Waals surface area contributed by atoms with Crippen LogP contribution >= 0.6 is 0 Å². The van der Waals surface area contributed by atoms with Gasteiger partial charge in [-0.3, -0.25) is 4.79 Å². The number of carbonyl (C=O) groups is 1. The molecule has 116 valence electrons. The van der Waals surface area contributed by atoms with Gasteiger partial charge in [0.2, 0.25) is 0 Å². The number of amides is 1. The van der Waals surface area contributed by atoms with Gasteiger partial charge < -0.3 is 10.6 Å². The van der Waals surface area contributed by atoms with Gasteiger partial charge in [0.25, 0.3) is 5.91 Å². The highest BCUT2D eigenvalue weighted by Crippen LogP contribution is 2.29. The number of nitrogens with one attached hydrogen (secondary N) is 2. The van der Waals surface area contributed by atoms with Crippen LogP contribution < -0.4 is 10.6 Å². The summed E-state index contributed by atoms with van der Waals surface area (Å²) >= 11 is 0. The summed E-state index contributed by atoms with van der Waals surface area (Å²) in [6.07, 6.45) is 6.29. The fraction of sp³-hybridized carbons (Fsp3) is 0.647. The van der Waals surface area contributed by atoms with E-state index in [1.54, 1.807) is 12.3 Å². The third-order valence-corrected chi connectivity index (χ3v) is 4.60. The summed E-state index contributed by atoms with van der Waals surface area (Å²) in [5.74, 6) is 2.02. The normalized spacial score (nSPS) is 25.4. The summed E-state index contributed by atoms with van der Waals surface area (Å²) < 4.78 is 0. The van der Waals surface area contributed by atoms with Crippen LogP contribution in [0.15, 0.2) is 18.3 Å². The Balaban J connectivity index is 1.99. The second-order valence-electron chi connectivity index (χ2n) is 6.20. The number of pyridine rings is 1. The molecule has 1 aliphatic rings. The molecule has 1 aliphatic carbocycles. The van der Waals surface area contributed by atoms with Crippen molar-refractivity contribution in [3.63, 3.8) is 0 Å². The smallest absolute Gasteiger partial charge is 0.251 e. The van der Waals surface area contributed by atoms with Crippen molar-refractivity contribution in [2.45, 2.75) is 52.5 Å². The minimum Gasteiger partial charge on any atom is -0.370 e. The number of anilines is 1. The summed E-state index contributed by atoms with van der Waals surface area (Å²) in [4.78, 5) is 16.7. The Morgan fingerprint density at radius 3 is 2.95 bits per heavy atom. The standard InChI is InChI=1S/C17H27N3O/c1-4-9-18-16-11-14(8-10-19-16)17(21)20-15-7-5-6-12(2)13(15)3/h8,10-13,15H,4-7,9H2,1-3H3,(H,18,19)(H,20,21). The molecule has 1 heterocycles. The van der Waals surface area contributed by atoms with E-state index in [4.69, 9.17) is 0 Å². The SMILES string of the molecule is CCCNc1cc(C(=O)NC2CCCC(C)C2C)ccn1. The molecular formula is C17H27N3O. The second kappa shape index (κ2) is 7.43. The molecule has 21 heavy (non-hydrogen) atoms. The van der Waals surface area contributed by atoms with E-state index in [2.05, 4.69) is 36.4 Å². The zero-order valence-electron chi connectivity index (χ0n) is 13.4. The quantitative estimate of drug-likeness (QED) is 0.873. The van der Waals surface area contributed by atoms with Gasteiger partial charge in [-0.25, -0.2) is 4.98 Å². The topological polar surface area (TPSA) is 54.0 Å². The van der Waals surface area contributed by atoms with Gasteiger partial charge in [-0.05, 0) is 36.8 Å². The van der Waals surface area contributed by atoms with Crippen molar-refractivity contribution in [2.75, 3.05) is 11.9 Å². The Labute approximate surface area is 127 Å².